The highest BCUT2D eigenvalue weighted by Gasteiger charge is 2.32. The number of carbonyl (C=O) groups excluding carboxylic acids is 1. The van der Waals surface area contributed by atoms with E-state index >= 15 is 0 Å². The van der Waals surface area contributed by atoms with Gasteiger partial charge in [0.2, 0.25) is 0 Å². The molecular formula is C17H22F2N2O3. The fraction of sp³-hybridized carbons (Fsp3) is 0.588. The van der Waals surface area contributed by atoms with Crippen molar-refractivity contribution in [2.24, 2.45) is 0 Å². The van der Waals surface area contributed by atoms with Crippen LogP contribution in [0.3, 0.4) is 0 Å². The van der Waals surface area contributed by atoms with Crippen LogP contribution in [0, 0.1) is 11.6 Å². The summed E-state index contributed by atoms with van der Waals surface area (Å²) >= 11 is 0. The lowest BCUT2D eigenvalue weighted by Gasteiger charge is -2.29. The lowest BCUT2D eigenvalue weighted by molar-refractivity contribution is 0.0898. The number of aliphatic hydroxyl groups excluding tert-OH is 1. The van der Waals surface area contributed by atoms with E-state index in [0.29, 0.717) is 25.0 Å². The maximum Gasteiger partial charge on any atom is 0.315 e. The third kappa shape index (κ3) is 3.84. The predicted molar refractivity (Wildman–Crippen MR) is 83.4 cm³/mol. The third-order valence-electron chi connectivity index (χ3n) is 4.73. The van der Waals surface area contributed by atoms with E-state index in [9.17, 15) is 18.7 Å². The number of benzene rings is 1. The molecule has 1 heterocycles. The number of aliphatic hydroxyl groups is 1. The zero-order chi connectivity index (χ0) is 17.1. The van der Waals surface area contributed by atoms with Crippen molar-refractivity contribution in [1.29, 1.82) is 0 Å². The second-order valence-corrected chi connectivity index (χ2v) is 6.44. The molecule has 2 aliphatic rings. The average Bonchev–Trinajstić information content (AvgIpc) is 3.00. The number of carbonyl (C=O) groups is 1. The molecule has 4 unspecified atom stereocenters. The van der Waals surface area contributed by atoms with Gasteiger partial charge in [0.25, 0.3) is 0 Å². The SMILES string of the molecule is O=C(NC1CCCCC1O)NC1CCOC1c1ccc(F)c(F)c1. The van der Waals surface area contributed by atoms with Crippen molar-refractivity contribution < 1.29 is 23.4 Å². The number of hydrogen-bond donors (Lipinski definition) is 3. The molecule has 1 aliphatic carbocycles. The molecule has 2 fully saturated rings. The minimum Gasteiger partial charge on any atom is -0.391 e. The molecule has 24 heavy (non-hydrogen) atoms. The van der Waals surface area contributed by atoms with Crippen molar-refractivity contribution >= 4 is 6.03 Å². The van der Waals surface area contributed by atoms with Crippen LogP contribution < -0.4 is 10.6 Å². The summed E-state index contributed by atoms with van der Waals surface area (Å²) in [7, 11) is 0. The van der Waals surface area contributed by atoms with Gasteiger partial charge >= 0.3 is 6.03 Å². The molecule has 4 atom stereocenters. The van der Waals surface area contributed by atoms with Crippen LogP contribution in [0.1, 0.15) is 43.8 Å². The summed E-state index contributed by atoms with van der Waals surface area (Å²) in [5.41, 5.74) is 0.495. The van der Waals surface area contributed by atoms with Crippen LogP contribution in [0.4, 0.5) is 13.6 Å². The summed E-state index contributed by atoms with van der Waals surface area (Å²) in [6.07, 6.45) is 2.94. The molecule has 132 valence electrons. The lowest BCUT2D eigenvalue weighted by atomic mass is 9.93. The molecular weight excluding hydrogens is 318 g/mol. The largest absolute Gasteiger partial charge is 0.391 e. The quantitative estimate of drug-likeness (QED) is 0.791. The number of urea groups is 1. The number of hydrogen-bond acceptors (Lipinski definition) is 3. The highest BCUT2D eigenvalue weighted by molar-refractivity contribution is 5.74. The van der Waals surface area contributed by atoms with Crippen LogP contribution >= 0.6 is 0 Å². The maximum atomic E-state index is 13.4. The van der Waals surface area contributed by atoms with Crippen LogP contribution in [0.15, 0.2) is 18.2 Å². The van der Waals surface area contributed by atoms with Crippen molar-refractivity contribution in [2.75, 3.05) is 6.61 Å². The van der Waals surface area contributed by atoms with Gasteiger partial charge in [-0.1, -0.05) is 18.9 Å². The third-order valence-corrected chi connectivity index (χ3v) is 4.73. The molecule has 1 saturated heterocycles. The summed E-state index contributed by atoms with van der Waals surface area (Å²) in [5.74, 6) is -1.85. The first-order valence-corrected chi connectivity index (χ1v) is 8.36. The zero-order valence-corrected chi connectivity index (χ0v) is 13.3. The van der Waals surface area contributed by atoms with Crippen LogP contribution in [0.5, 0.6) is 0 Å². The summed E-state index contributed by atoms with van der Waals surface area (Å²) < 4.78 is 32.1. The molecule has 1 aromatic carbocycles. The Bertz CT molecular complexity index is 599. The fourth-order valence-corrected chi connectivity index (χ4v) is 3.41. The highest BCUT2D eigenvalue weighted by Crippen LogP contribution is 2.30. The maximum absolute atomic E-state index is 13.4. The lowest BCUT2D eigenvalue weighted by Crippen LogP contribution is -2.51. The van der Waals surface area contributed by atoms with Gasteiger partial charge in [0, 0.05) is 6.61 Å². The van der Waals surface area contributed by atoms with Crippen LogP contribution in [-0.2, 0) is 4.74 Å². The van der Waals surface area contributed by atoms with E-state index in [-0.39, 0.29) is 18.1 Å². The van der Waals surface area contributed by atoms with Crippen molar-refractivity contribution in [3.8, 4) is 0 Å². The Morgan fingerprint density at radius 1 is 1.08 bits per heavy atom. The number of nitrogens with one attached hydrogen (secondary N) is 2. The number of ether oxygens (including phenoxy) is 1. The van der Waals surface area contributed by atoms with E-state index < -0.39 is 23.8 Å². The first kappa shape index (κ1) is 17.1. The first-order chi connectivity index (χ1) is 11.5. The molecule has 7 heteroatoms. The molecule has 1 saturated carbocycles. The van der Waals surface area contributed by atoms with Gasteiger partial charge in [-0.25, -0.2) is 13.6 Å². The van der Waals surface area contributed by atoms with E-state index in [4.69, 9.17) is 4.74 Å². The van der Waals surface area contributed by atoms with Crippen LogP contribution in [0.25, 0.3) is 0 Å². The van der Waals surface area contributed by atoms with E-state index in [2.05, 4.69) is 10.6 Å². The van der Waals surface area contributed by atoms with Gasteiger partial charge in [0.15, 0.2) is 11.6 Å². The smallest absolute Gasteiger partial charge is 0.315 e. The van der Waals surface area contributed by atoms with Gasteiger partial charge in [0.1, 0.15) is 6.10 Å². The predicted octanol–water partition coefficient (Wildman–Crippen LogP) is 2.40. The average molecular weight is 340 g/mol. The molecule has 5 nitrogen and oxygen atoms in total. The van der Waals surface area contributed by atoms with Crippen molar-refractivity contribution in [2.45, 2.75) is 56.4 Å². The van der Waals surface area contributed by atoms with Crippen LogP contribution in [-0.4, -0.2) is 35.9 Å². The van der Waals surface area contributed by atoms with Crippen molar-refractivity contribution in [3.63, 3.8) is 0 Å². The Morgan fingerprint density at radius 2 is 1.83 bits per heavy atom. The normalized spacial score (nSPS) is 30.1. The highest BCUT2D eigenvalue weighted by atomic mass is 19.2. The zero-order valence-electron chi connectivity index (χ0n) is 13.3. The molecule has 0 bridgehead atoms. The van der Waals surface area contributed by atoms with Gasteiger partial charge in [0.05, 0.1) is 18.2 Å². The number of rotatable bonds is 3. The first-order valence-electron chi connectivity index (χ1n) is 8.36. The molecule has 0 spiro atoms. The minimum atomic E-state index is -0.934. The minimum absolute atomic E-state index is 0.247. The molecule has 3 N–H and O–H groups in total. The van der Waals surface area contributed by atoms with Gasteiger partial charge in [-0.3, -0.25) is 0 Å². The van der Waals surface area contributed by atoms with Crippen LogP contribution in [0.2, 0.25) is 0 Å². The number of amides is 2. The Morgan fingerprint density at radius 3 is 2.58 bits per heavy atom. The van der Waals surface area contributed by atoms with Gasteiger partial charge in [-0.2, -0.15) is 0 Å². The number of halogens is 2. The fourth-order valence-electron chi connectivity index (χ4n) is 3.41. The Kier molecular flexibility index (Phi) is 5.30. The van der Waals surface area contributed by atoms with E-state index in [1.54, 1.807) is 0 Å². The molecule has 1 aliphatic heterocycles. The second-order valence-electron chi connectivity index (χ2n) is 6.44. The standard InChI is InChI=1S/C17H22F2N2O3/c18-11-6-5-10(9-12(11)19)16-14(7-8-24-16)21-17(23)20-13-3-1-2-4-15(13)22/h5-6,9,13-16,22H,1-4,7-8H2,(H2,20,21,23). The van der Waals surface area contributed by atoms with Gasteiger partial charge in [-0.05, 0) is 37.0 Å². The Balaban J connectivity index is 1.61. The summed E-state index contributed by atoms with van der Waals surface area (Å²) in [6, 6.07) is 2.68. The summed E-state index contributed by atoms with van der Waals surface area (Å²) in [6.45, 7) is 0.431. The topological polar surface area (TPSA) is 70.6 Å². The molecule has 3 rings (SSSR count). The Hall–Kier alpha value is -1.73. The van der Waals surface area contributed by atoms with E-state index in [1.165, 1.54) is 6.07 Å². The molecule has 1 aromatic rings. The van der Waals surface area contributed by atoms with Gasteiger partial charge < -0.3 is 20.5 Å². The molecule has 2 amide bonds. The monoisotopic (exact) mass is 340 g/mol. The summed E-state index contributed by atoms with van der Waals surface area (Å²) in [5, 5.41) is 15.5. The van der Waals surface area contributed by atoms with E-state index in [0.717, 1.165) is 31.4 Å². The molecule has 0 aromatic heterocycles. The van der Waals surface area contributed by atoms with Crippen molar-refractivity contribution in [3.05, 3.63) is 35.4 Å². The Labute approximate surface area is 139 Å². The van der Waals surface area contributed by atoms with E-state index in [1.807, 2.05) is 0 Å². The van der Waals surface area contributed by atoms with Gasteiger partial charge in [-0.15, -0.1) is 0 Å². The van der Waals surface area contributed by atoms with Crippen molar-refractivity contribution in [1.82, 2.24) is 10.6 Å². The second kappa shape index (κ2) is 7.44. The molecule has 0 radical (unpaired) electrons. The summed E-state index contributed by atoms with van der Waals surface area (Å²) in [4.78, 5) is 12.2.